The van der Waals surface area contributed by atoms with Crippen LogP contribution in [0.25, 0.3) is 0 Å². The normalized spacial score (nSPS) is 19.0. The summed E-state index contributed by atoms with van der Waals surface area (Å²) in [7, 11) is 0. The molecule has 0 spiro atoms. The van der Waals surface area contributed by atoms with E-state index in [1.807, 2.05) is 38.7 Å². The van der Waals surface area contributed by atoms with E-state index in [2.05, 4.69) is 10.5 Å². The van der Waals surface area contributed by atoms with Crippen LogP contribution in [-0.4, -0.2) is 40.9 Å². The van der Waals surface area contributed by atoms with Crippen molar-refractivity contribution in [1.29, 1.82) is 0 Å². The lowest BCUT2D eigenvalue weighted by molar-refractivity contribution is 0.0226. The zero-order chi connectivity index (χ0) is 15.5. The summed E-state index contributed by atoms with van der Waals surface area (Å²) in [5.74, 6) is 0.814. The molecule has 21 heavy (non-hydrogen) atoms. The topological polar surface area (TPSA) is 67.6 Å². The van der Waals surface area contributed by atoms with Gasteiger partial charge in [0.25, 0.3) is 0 Å². The van der Waals surface area contributed by atoms with Crippen molar-refractivity contribution in [1.82, 2.24) is 15.4 Å². The number of carbonyl (C=O) groups excluding carboxylic acids is 1. The molecule has 1 amide bonds. The van der Waals surface area contributed by atoms with Gasteiger partial charge in [0.1, 0.15) is 5.60 Å². The molecule has 1 aromatic heterocycles. The number of hydrogen-bond donors (Lipinski definition) is 1. The van der Waals surface area contributed by atoms with Crippen molar-refractivity contribution in [2.24, 2.45) is 0 Å². The SMILES string of the molecule is Cc1cc(CNCC2CCCN2C(=O)OC(C)(C)C)on1. The Morgan fingerprint density at radius 3 is 2.95 bits per heavy atom. The molecule has 6 nitrogen and oxygen atoms in total. The highest BCUT2D eigenvalue weighted by atomic mass is 16.6. The van der Waals surface area contributed by atoms with Crippen LogP contribution in [0.5, 0.6) is 0 Å². The summed E-state index contributed by atoms with van der Waals surface area (Å²) < 4.78 is 10.6. The number of aryl methyl sites for hydroxylation is 1. The number of rotatable bonds is 4. The first-order valence-electron chi connectivity index (χ1n) is 7.48. The Morgan fingerprint density at radius 2 is 2.33 bits per heavy atom. The number of ether oxygens (including phenoxy) is 1. The Balaban J connectivity index is 1.80. The lowest BCUT2D eigenvalue weighted by Gasteiger charge is -2.28. The van der Waals surface area contributed by atoms with Gasteiger partial charge in [0.15, 0.2) is 5.76 Å². The molecule has 1 aliphatic rings. The molecule has 0 bridgehead atoms. The van der Waals surface area contributed by atoms with Crippen LogP contribution in [0.4, 0.5) is 4.79 Å². The first-order chi connectivity index (χ1) is 9.85. The monoisotopic (exact) mass is 295 g/mol. The van der Waals surface area contributed by atoms with Gasteiger partial charge in [0.05, 0.1) is 12.2 Å². The maximum absolute atomic E-state index is 12.2. The second-order valence-corrected chi connectivity index (χ2v) is 6.54. The zero-order valence-electron chi connectivity index (χ0n) is 13.3. The summed E-state index contributed by atoms with van der Waals surface area (Å²) in [5, 5.41) is 7.17. The molecule has 6 heteroatoms. The van der Waals surface area contributed by atoms with E-state index in [1.54, 1.807) is 0 Å². The van der Waals surface area contributed by atoms with Gasteiger partial charge in [-0.15, -0.1) is 0 Å². The Morgan fingerprint density at radius 1 is 1.57 bits per heavy atom. The second-order valence-electron chi connectivity index (χ2n) is 6.54. The number of aromatic nitrogens is 1. The molecule has 118 valence electrons. The third-order valence-corrected chi connectivity index (χ3v) is 3.36. The number of likely N-dealkylation sites (tertiary alicyclic amines) is 1. The van der Waals surface area contributed by atoms with Gasteiger partial charge in [-0.05, 0) is 40.5 Å². The molecule has 1 N–H and O–H groups in total. The van der Waals surface area contributed by atoms with Crippen LogP contribution in [0.2, 0.25) is 0 Å². The highest BCUT2D eigenvalue weighted by Crippen LogP contribution is 2.20. The predicted octanol–water partition coefficient (Wildman–Crippen LogP) is 2.47. The molecular formula is C15H25N3O3. The number of hydrogen-bond acceptors (Lipinski definition) is 5. The summed E-state index contributed by atoms with van der Waals surface area (Å²) >= 11 is 0. The van der Waals surface area contributed by atoms with Crippen LogP contribution in [-0.2, 0) is 11.3 Å². The minimum absolute atomic E-state index is 0.184. The number of amides is 1. The Bertz CT molecular complexity index is 479. The first-order valence-corrected chi connectivity index (χ1v) is 7.48. The minimum atomic E-state index is -0.449. The van der Waals surface area contributed by atoms with Gasteiger partial charge in [-0.25, -0.2) is 4.79 Å². The fraction of sp³-hybridized carbons (Fsp3) is 0.733. The first kappa shape index (κ1) is 15.8. The average molecular weight is 295 g/mol. The molecule has 1 fully saturated rings. The third kappa shape index (κ3) is 4.74. The van der Waals surface area contributed by atoms with Crippen molar-refractivity contribution in [2.75, 3.05) is 13.1 Å². The molecule has 1 unspecified atom stereocenters. The van der Waals surface area contributed by atoms with Gasteiger partial charge in [-0.3, -0.25) is 0 Å². The summed E-state index contributed by atoms with van der Waals surface area (Å²) in [6.07, 6.45) is 1.80. The van der Waals surface area contributed by atoms with Gasteiger partial charge < -0.3 is 19.5 Å². The van der Waals surface area contributed by atoms with E-state index in [9.17, 15) is 4.79 Å². The molecule has 1 atom stereocenters. The highest BCUT2D eigenvalue weighted by molar-refractivity contribution is 5.69. The Labute approximate surface area is 125 Å². The van der Waals surface area contributed by atoms with Gasteiger partial charge in [-0.2, -0.15) is 0 Å². The molecular weight excluding hydrogens is 270 g/mol. The van der Waals surface area contributed by atoms with Crippen LogP contribution in [0, 0.1) is 6.92 Å². The van der Waals surface area contributed by atoms with Crippen molar-refractivity contribution in [2.45, 2.75) is 58.7 Å². The van der Waals surface area contributed by atoms with Gasteiger partial charge in [0, 0.05) is 25.2 Å². The largest absolute Gasteiger partial charge is 0.444 e. The third-order valence-electron chi connectivity index (χ3n) is 3.36. The lowest BCUT2D eigenvalue weighted by Crippen LogP contribution is -2.43. The summed E-state index contributed by atoms with van der Waals surface area (Å²) in [6.45, 7) is 9.69. The lowest BCUT2D eigenvalue weighted by atomic mass is 10.2. The van der Waals surface area contributed by atoms with Crippen LogP contribution in [0.3, 0.4) is 0 Å². The van der Waals surface area contributed by atoms with Crippen molar-refractivity contribution >= 4 is 6.09 Å². The van der Waals surface area contributed by atoms with E-state index in [0.29, 0.717) is 6.54 Å². The number of nitrogens with one attached hydrogen (secondary N) is 1. The molecule has 0 saturated carbocycles. The van der Waals surface area contributed by atoms with Crippen molar-refractivity contribution in [3.05, 3.63) is 17.5 Å². The molecule has 0 aromatic carbocycles. The van der Waals surface area contributed by atoms with Crippen molar-refractivity contribution in [3.8, 4) is 0 Å². The molecule has 2 heterocycles. The van der Waals surface area contributed by atoms with Gasteiger partial charge in [0.2, 0.25) is 0 Å². The second kappa shape index (κ2) is 6.47. The Hall–Kier alpha value is -1.56. The summed E-state index contributed by atoms with van der Waals surface area (Å²) in [5.41, 5.74) is 0.428. The molecule has 1 aromatic rings. The van der Waals surface area contributed by atoms with Crippen molar-refractivity contribution < 1.29 is 14.1 Å². The number of carbonyl (C=O) groups is 1. The standard InChI is InChI=1S/C15H25N3O3/c1-11-8-13(21-17-11)10-16-9-12-6-5-7-18(12)14(19)20-15(2,3)4/h8,12,16H,5-7,9-10H2,1-4H3. The van der Waals surface area contributed by atoms with Gasteiger partial charge >= 0.3 is 6.09 Å². The molecule has 1 aliphatic heterocycles. The highest BCUT2D eigenvalue weighted by Gasteiger charge is 2.31. The van der Waals surface area contributed by atoms with E-state index in [0.717, 1.165) is 37.4 Å². The van der Waals surface area contributed by atoms with Crippen LogP contribution in [0.1, 0.15) is 45.1 Å². The zero-order valence-corrected chi connectivity index (χ0v) is 13.3. The van der Waals surface area contributed by atoms with Gasteiger partial charge in [-0.1, -0.05) is 5.16 Å². The van der Waals surface area contributed by atoms with E-state index in [1.165, 1.54) is 0 Å². The fourth-order valence-electron chi connectivity index (χ4n) is 2.47. The smallest absolute Gasteiger partial charge is 0.410 e. The maximum atomic E-state index is 12.2. The van der Waals surface area contributed by atoms with E-state index in [-0.39, 0.29) is 12.1 Å². The van der Waals surface area contributed by atoms with Crippen LogP contribution < -0.4 is 5.32 Å². The molecule has 0 radical (unpaired) electrons. The van der Waals surface area contributed by atoms with Crippen molar-refractivity contribution in [3.63, 3.8) is 0 Å². The minimum Gasteiger partial charge on any atom is -0.444 e. The average Bonchev–Trinajstić information content (AvgIpc) is 2.96. The van der Waals surface area contributed by atoms with Crippen LogP contribution in [0.15, 0.2) is 10.6 Å². The summed E-state index contributed by atoms with van der Waals surface area (Å²) in [4.78, 5) is 14.0. The quantitative estimate of drug-likeness (QED) is 0.924. The summed E-state index contributed by atoms with van der Waals surface area (Å²) in [6, 6.07) is 2.09. The van der Waals surface area contributed by atoms with E-state index >= 15 is 0 Å². The molecule has 1 saturated heterocycles. The maximum Gasteiger partial charge on any atom is 0.410 e. The van der Waals surface area contributed by atoms with E-state index < -0.39 is 5.60 Å². The molecule has 2 rings (SSSR count). The Kier molecular flexibility index (Phi) is 4.88. The fourth-order valence-corrected chi connectivity index (χ4v) is 2.47. The number of nitrogens with zero attached hydrogens (tertiary/aromatic N) is 2. The van der Waals surface area contributed by atoms with Crippen LogP contribution >= 0.6 is 0 Å². The van der Waals surface area contributed by atoms with E-state index in [4.69, 9.17) is 9.26 Å². The predicted molar refractivity (Wildman–Crippen MR) is 78.9 cm³/mol. The molecule has 0 aliphatic carbocycles.